The first kappa shape index (κ1) is 15.4. The Labute approximate surface area is 143 Å². The van der Waals surface area contributed by atoms with Gasteiger partial charge in [0.25, 0.3) is 0 Å². The second-order valence-electron chi connectivity index (χ2n) is 7.31. The van der Waals surface area contributed by atoms with Crippen LogP contribution in [0.15, 0.2) is 9.85 Å². The predicted octanol–water partition coefficient (Wildman–Crippen LogP) is 6.03. The molecule has 6 heteroatoms. The number of hydrogen-bond donors (Lipinski definition) is 0. The zero-order valence-corrected chi connectivity index (χ0v) is 18.7. The number of rotatable bonds is 2. The molecule has 0 atom stereocenters. The second kappa shape index (κ2) is 4.76. The smallest absolute Gasteiger partial charge is 0.0923 e. The minimum atomic E-state index is -1.29. The van der Waals surface area contributed by atoms with Crippen molar-refractivity contribution in [2.75, 3.05) is 0 Å². The van der Waals surface area contributed by atoms with Gasteiger partial charge in [-0.25, -0.2) is 0 Å². The molecule has 0 spiro atoms. The molecule has 3 heterocycles. The van der Waals surface area contributed by atoms with E-state index in [4.69, 9.17) is 0 Å². The highest BCUT2D eigenvalue weighted by Gasteiger charge is 2.32. The van der Waals surface area contributed by atoms with E-state index < -0.39 is 16.1 Å². The zero-order chi connectivity index (χ0) is 14.9. The van der Waals surface area contributed by atoms with Crippen molar-refractivity contribution < 1.29 is 0 Å². The molecular weight excluding hydrogens is 400 g/mol. The Morgan fingerprint density at radius 2 is 1.40 bits per heavy atom. The average Bonchev–Trinajstić information content (AvgIpc) is 2.86. The summed E-state index contributed by atoms with van der Waals surface area (Å²) in [6.07, 6.45) is 0. The largest absolute Gasteiger partial charge is 0.153 e. The molecule has 0 aliphatic rings. The van der Waals surface area contributed by atoms with Crippen LogP contribution in [0.4, 0.5) is 0 Å². The fraction of sp³-hybridized carbons (Fsp3) is 0.429. The lowest BCUT2D eigenvalue weighted by Crippen LogP contribution is -2.38. The molecule has 0 aliphatic heterocycles. The first-order chi connectivity index (χ1) is 9.10. The second-order valence-corrected chi connectivity index (χ2v) is 21.8. The summed E-state index contributed by atoms with van der Waals surface area (Å²) >= 11 is 9.80. The third kappa shape index (κ3) is 2.32. The summed E-state index contributed by atoms with van der Waals surface area (Å²) in [4.78, 5) is 0. The fourth-order valence-corrected chi connectivity index (χ4v) is 13.0. The molecule has 0 N–H and O–H groups in total. The highest BCUT2D eigenvalue weighted by atomic mass is 79.9. The van der Waals surface area contributed by atoms with Crippen LogP contribution in [0.3, 0.4) is 0 Å². The van der Waals surface area contributed by atoms with Crippen molar-refractivity contribution in [3.05, 3.63) is 9.85 Å². The first-order valence-electron chi connectivity index (χ1n) is 6.73. The van der Waals surface area contributed by atoms with E-state index in [0.717, 1.165) is 0 Å². The van der Waals surface area contributed by atoms with Crippen LogP contribution in [0, 0.1) is 0 Å². The zero-order valence-electron chi connectivity index (χ0n) is 12.7. The van der Waals surface area contributed by atoms with Gasteiger partial charge in [0, 0.05) is 24.4 Å². The van der Waals surface area contributed by atoms with Crippen molar-refractivity contribution >= 4 is 94.6 Å². The Balaban J connectivity index is 2.50. The van der Waals surface area contributed by atoms with Gasteiger partial charge >= 0.3 is 0 Å². The maximum Gasteiger partial charge on any atom is 0.0923 e. The van der Waals surface area contributed by atoms with Crippen molar-refractivity contribution in [2.24, 2.45) is 0 Å². The molecule has 0 amide bonds. The Kier molecular flexibility index (Phi) is 3.67. The quantitative estimate of drug-likeness (QED) is 0.445. The van der Waals surface area contributed by atoms with Crippen LogP contribution in [0.1, 0.15) is 0 Å². The highest BCUT2D eigenvalue weighted by Crippen LogP contribution is 2.43. The topological polar surface area (TPSA) is 0 Å². The summed E-state index contributed by atoms with van der Waals surface area (Å²) < 4.78 is 9.30. The van der Waals surface area contributed by atoms with Gasteiger partial charge < -0.3 is 0 Å². The van der Waals surface area contributed by atoms with Gasteiger partial charge in [0.05, 0.1) is 25.5 Å². The minimum absolute atomic E-state index is 1.27. The Hall–Kier alpha value is 0.534. The SMILES string of the molecule is C[Si](C)(C)c1sc([Si](C)(C)C)c2c1sc1c(Br)csc12. The summed E-state index contributed by atoms with van der Waals surface area (Å²) in [5, 5.41) is 3.86. The Morgan fingerprint density at radius 3 is 1.95 bits per heavy atom. The van der Waals surface area contributed by atoms with Crippen LogP contribution in [0.5, 0.6) is 0 Å². The third-order valence-electron chi connectivity index (χ3n) is 3.36. The summed E-state index contributed by atoms with van der Waals surface area (Å²) in [6.45, 7) is 14.9. The number of fused-ring (bicyclic) bond motifs is 3. The molecule has 108 valence electrons. The van der Waals surface area contributed by atoms with E-state index in [-0.39, 0.29) is 0 Å². The molecular formula is C14H19BrS3Si2. The molecule has 0 saturated heterocycles. The van der Waals surface area contributed by atoms with E-state index in [1.165, 1.54) is 13.9 Å². The summed E-state index contributed by atoms with van der Waals surface area (Å²) in [6, 6.07) is 0. The molecule has 3 rings (SSSR count). The van der Waals surface area contributed by atoms with E-state index in [2.05, 4.69) is 71.9 Å². The van der Waals surface area contributed by atoms with Gasteiger partial charge in [0.1, 0.15) is 0 Å². The lowest BCUT2D eigenvalue weighted by atomic mass is 10.4. The number of halogens is 1. The molecule has 0 unspecified atom stereocenters. The van der Waals surface area contributed by atoms with Gasteiger partial charge in [-0.15, -0.1) is 22.7 Å². The summed E-state index contributed by atoms with van der Waals surface area (Å²) in [7, 11) is -2.56. The van der Waals surface area contributed by atoms with Gasteiger partial charge in [-0.3, -0.25) is 0 Å². The van der Waals surface area contributed by atoms with Gasteiger partial charge in [0.2, 0.25) is 0 Å². The average molecular weight is 420 g/mol. The molecule has 0 aromatic carbocycles. The van der Waals surface area contributed by atoms with E-state index in [9.17, 15) is 0 Å². The van der Waals surface area contributed by atoms with Gasteiger partial charge in [-0.05, 0) is 20.4 Å². The van der Waals surface area contributed by atoms with Crippen LogP contribution in [0.2, 0.25) is 39.3 Å². The van der Waals surface area contributed by atoms with Gasteiger partial charge in [0.15, 0.2) is 0 Å². The molecule has 0 aliphatic carbocycles. The van der Waals surface area contributed by atoms with E-state index in [1.807, 2.05) is 22.7 Å². The molecule has 0 nitrogen and oxygen atoms in total. The summed E-state index contributed by atoms with van der Waals surface area (Å²) in [5.41, 5.74) is 0. The van der Waals surface area contributed by atoms with Crippen LogP contribution in [-0.2, 0) is 0 Å². The molecule has 20 heavy (non-hydrogen) atoms. The summed E-state index contributed by atoms with van der Waals surface area (Å²) in [5.74, 6) is 0. The van der Waals surface area contributed by atoms with E-state index in [1.54, 1.807) is 19.1 Å². The Bertz CT molecular complexity index is 796. The fourth-order valence-electron chi connectivity index (χ4n) is 2.44. The van der Waals surface area contributed by atoms with E-state index in [0.29, 0.717) is 0 Å². The normalized spacial score (nSPS) is 13.8. The monoisotopic (exact) mass is 418 g/mol. The number of hydrogen-bond acceptors (Lipinski definition) is 3. The van der Waals surface area contributed by atoms with Gasteiger partial charge in [-0.2, -0.15) is 11.3 Å². The minimum Gasteiger partial charge on any atom is -0.153 e. The van der Waals surface area contributed by atoms with Crippen LogP contribution in [0.25, 0.3) is 19.5 Å². The van der Waals surface area contributed by atoms with Crippen molar-refractivity contribution in [3.63, 3.8) is 0 Å². The maximum absolute atomic E-state index is 3.73. The Morgan fingerprint density at radius 1 is 0.800 bits per heavy atom. The highest BCUT2D eigenvalue weighted by molar-refractivity contribution is 9.10. The van der Waals surface area contributed by atoms with Crippen molar-refractivity contribution in [2.45, 2.75) is 39.3 Å². The van der Waals surface area contributed by atoms with Crippen molar-refractivity contribution in [1.29, 1.82) is 0 Å². The van der Waals surface area contributed by atoms with Crippen LogP contribution >= 0.6 is 49.9 Å². The van der Waals surface area contributed by atoms with Gasteiger partial charge in [-0.1, -0.05) is 39.3 Å². The van der Waals surface area contributed by atoms with Crippen molar-refractivity contribution in [1.82, 2.24) is 0 Å². The lowest BCUT2D eigenvalue weighted by Gasteiger charge is -2.16. The van der Waals surface area contributed by atoms with Crippen molar-refractivity contribution in [3.8, 4) is 0 Å². The molecule has 3 aromatic rings. The number of thiophene rings is 3. The molecule has 0 bridgehead atoms. The van der Waals surface area contributed by atoms with Crippen LogP contribution in [-0.4, -0.2) is 16.1 Å². The van der Waals surface area contributed by atoms with Crippen LogP contribution < -0.4 is 9.00 Å². The standard InChI is InChI=1S/C14H19BrS3Si2/c1-19(2,3)13-9-11-10(8(15)7-16-11)17-12(9)14(18-13)20(4,5)6/h7H,1-6H3. The molecule has 3 aromatic heterocycles. The lowest BCUT2D eigenvalue weighted by molar-refractivity contribution is 1.81. The molecule has 0 fully saturated rings. The third-order valence-corrected chi connectivity index (χ3v) is 15.6. The molecule has 0 saturated carbocycles. The maximum atomic E-state index is 3.73. The predicted molar refractivity (Wildman–Crippen MR) is 109 cm³/mol. The van der Waals surface area contributed by atoms with E-state index >= 15 is 0 Å². The first-order valence-corrected chi connectivity index (χ1v) is 17.0. The molecule has 0 radical (unpaired) electrons.